The van der Waals surface area contributed by atoms with Crippen molar-refractivity contribution >= 4 is 18.3 Å². The molecular formula is C16H25ClN2O. The van der Waals surface area contributed by atoms with Crippen molar-refractivity contribution in [3.63, 3.8) is 0 Å². The molecule has 0 unspecified atom stereocenters. The lowest BCUT2D eigenvalue weighted by atomic mass is 9.96. The summed E-state index contributed by atoms with van der Waals surface area (Å²) in [7, 11) is 0. The van der Waals surface area contributed by atoms with Crippen LogP contribution in [0.3, 0.4) is 0 Å². The zero-order chi connectivity index (χ0) is 13.7. The molecule has 1 amide bonds. The number of rotatable bonds is 4. The first-order valence-electron chi connectivity index (χ1n) is 7.28. The Morgan fingerprint density at radius 1 is 1.30 bits per heavy atom. The van der Waals surface area contributed by atoms with Crippen LogP contribution in [-0.4, -0.2) is 37.0 Å². The number of carbonyl (C=O) groups is 1. The van der Waals surface area contributed by atoms with Gasteiger partial charge in [0.25, 0.3) is 5.91 Å². The van der Waals surface area contributed by atoms with Gasteiger partial charge in [0.15, 0.2) is 0 Å². The number of halogens is 1. The maximum absolute atomic E-state index is 12.5. The lowest BCUT2D eigenvalue weighted by molar-refractivity contribution is 0.0689. The molecule has 2 rings (SSSR count). The van der Waals surface area contributed by atoms with Gasteiger partial charge in [0.2, 0.25) is 0 Å². The maximum atomic E-state index is 12.5. The molecule has 1 heterocycles. The van der Waals surface area contributed by atoms with Crippen LogP contribution >= 0.6 is 12.4 Å². The van der Waals surface area contributed by atoms with E-state index in [4.69, 9.17) is 0 Å². The minimum Gasteiger partial charge on any atom is -0.339 e. The van der Waals surface area contributed by atoms with Crippen LogP contribution in [0.4, 0.5) is 0 Å². The molecule has 20 heavy (non-hydrogen) atoms. The van der Waals surface area contributed by atoms with E-state index in [1.165, 1.54) is 0 Å². The van der Waals surface area contributed by atoms with E-state index in [2.05, 4.69) is 12.2 Å². The minimum absolute atomic E-state index is 0. The maximum Gasteiger partial charge on any atom is 0.254 e. The van der Waals surface area contributed by atoms with Gasteiger partial charge in [0.1, 0.15) is 0 Å². The van der Waals surface area contributed by atoms with E-state index in [0.717, 1.165) is 56.1 Å². The molecule has 0 bridgehead atoms. The van der Waals surface area contributed by atoms with Crippen LogP contribution in [0.15, 0.2) is 24.3 Å². The highest BCUT2D eigenvalue weighted by atomic mass is 35.5. The number of hydrogen-bond donors (Lipinski definition) is 1. The summed E-state index contributed by atoms with van der Waals surface area (Å²) in [6.45, 7) is 8.04. The van der Waals surface area contributed by atoms with E-state index in [1.807, 2.05) is 36.1 Å². The Morgan fingerprint density at radius 2 is 1.95 bits per heavy atom. The Labute approximate surface area is 128 Å². The number of benzene rings is 1. The van der Waals surface area contributed by atoms with Crippen LogP contribution in [-0.2, 0) is 0 Å². The highest BCUT2D eigenvalue weighted by molar-refractivity contribution is 5.95. The molecule has 1 aromatic carbocycles. The summed E-state index contributed by atoms with van der Waals surface area (Å²) in [6, 6.07) is 7.86. The molecule has 1 saturated heterocycles. The van der Waals surface area contributed by atoms with Crippen molar-refractivity contribution < 1.29 is 4.79 Å². The summed E-state index contributed by atoms with van der Waals surface area (Å²) < 4.78 is 0. The Morgan fingerprint density at radius 3 is 2.55 bits per heavy atom. The van der Waals surface area contributed by atoms with E-state index >= 15 is 0 Å². The van der Waals surface area contributed by atoms with Crippen molar-refractivity contribution in [3.8, 4) is 0 Å². The molecule has 3 nitrogen and oxygen atoms in total. The number of nitrogens with one attached hydrogen (secondary N) is 1. The van der Waals surface area contributed by atoms with Crippen molar-refractivity contribution in [2.45, 2.75) is 26.7 Å². The molecule has 1 aromatic rings. The van der Waals surface area contributed by atoms with Crippen LogP contribution in [0, 0.1) is 12.8 Å². The predicted octanol–water partition coefficient (Wildman–Crippen LogP) is 2.88. The van der Waals surface area contributed by atoms with E-state index < -0.39 is 0 Å². The fourth-order valence-corrected chi connectivity index (χ4v) is 2.67. The lowest BCUT2D eigenvalue weighted by Gasteiger charge is -2.32. The summed E-state index contributed by atoms with van der Waals surface area (Å²) in [5, 5.41) is 3.40. The smallest absolute Gasteiger partial charge is 0.254 e. The number of hydrogen-bond acceptors (Lipinski definition) is 2. The van der Waals surface area contributed by atoms with Gasteiger partial charge >= 0.3 is 0 Å². The Balaban J connectivity index is 0.00000200. The third-order valence-electron chi connectivity index (χ3n) is 3.96. The average Bonchev–Trinajstić information content (AvgIpc) is 2.45. The lowest BCUT2D eigenvalue weighted by Crippen LogP contribution is -2.41. The van der Waals surface area contributed by atoms with Crippen LogP contribution in [0.25, 0.3) is 0 Å². The molecule has 4 heteroatoms. The van der Waals surface area contributed by atoms with Crippen molar-refractivity contribution in [1.82, 2.24) is 10.2 Å². The molecule has 1 aliphatic heterocycles. The highest BCUT2D eigenvalue weighted by Crippen LogP contribution is 2.19. The number of likely N-dealkylation sites (tertiary alicyclic amines) is 1. The predicted molar refractivity (Wildman–Crippen MR) is 85.6 cm³/mol. The normalized spacial score (nSPS) is 15.8. The van der Waals surface area contributed by atoms with Crippen molar-refractivity contribution in [3.05, 3.63) is 35.4 Å². The van der Waals surface area contributed by atoms with E-state index in [1.54, 1.807) is 0 Å². The molecular weight excluding hydrogens is 272 g/mol. The second kappa shape index (κ2) is 8.28. The third-order valence-corrected chi connectivity index (χ3v) is 3.96. The number of aryl methyl sites for hydroxylation is 1. The monoisotopic (exact) mass is 296 g/mol. The van der Waals surface area contributed by atoms with Crippen molar-refractivity contribution in [2.75, 3.05) is 26.2 Å². The summed E-state index contributed by atoms with van der Waals surface area (Å²) in [5.74, 6) is 0.917. The second-order valence-corrected chi connectivity index (χ2v) is 5.36. The summed E-state index contributed by atoms with van der Waals surface area (Å²) >= 11 is 0. The van der Waals surface area contributed by atoms with Crippen LogP contribution in [0.5, 0.6) is 0 Å². The zero-order valence-electron chi connectivity index (χ0n) is 12.4. The summed E-state index contributed by atoms with van der Waals surface area (Å²) in [4.78, 5) is 14.5. The first-order chi connectivity index (χ1) is 9.22. The largest absolute Gasteiger partial charge is 0.339 e. The van der Waals surface area contributed by atoms with Gasteiger partial charge in [-0.25, -0.2) is 0 Å². The molecule has 0 aliphatic carbocycles. The SMILES string of the molecule is CCNCC1CCN(C(=O)c2ccccc2C)CC1.Cl. The molecule has 0 radical (unpaired) electrons. The zero-order valence-corrected chi connectivity index (χ0v) is 13.2. The Kier molecular flexibility index (Phi) is 7.03. The fourth-order valence-electron chi connectivity index (χ4n) is 2.67. The standard InChI is InChI=1S/C16H24N2O.ClH/c1-3-17-12-14-8-10-18(11-9-14)16(19)15-7-5-4-6-13(15)2;/h4-7,14,17H,3,8-12H2,1-2H3;1H. The van der Waals surface area contributed by atoms with Crippen molar-refractivity contribution in [1.29, 1.82) is 0 Å². The third kappa shape index (κ3) is 4.22. The van der Waals surface area contributed by atoms with Crippen LogP contribution in [0.2, 0.25) is 0 Å². The molecule has 0 atom stereocenters. The molecule has 0 aromatic heterocycles. The average molecular weight is 297 g/mol. The van der Waals surface area contributed by atoms with Gasteiger partial charge < -0.3 is 10.2 Å². The van der Waals surface area contributed by atoms with Gasteiger partial charge in [-0.2, -0.15) is 0 Å². The van der Waals surface area contributed by atoms with Gasteiger partial charge in [-0.05, 0) is 50.4 Å². The first-order valence-corrected chi connectivity index (χ1v) is 7.28. The molecule has 1 fully saturated rings. The number of amides is 1. The molecule has 1 N–H and O–H groups in total. The first kappa shape index (κ1) is 17.0. The van der Waals surface area contributed by atoms with E-state index in [0.29, 0.717) is 0 Å². The van der Waals surface area contributed by atoms with Gasteiger partial charge in [0, 0.05) is 18.7 Å². The van der Waals surface area contributed by atoms with Gasteiger partial charge in [-0.15, -0.1) is 12.4 Å². The van der Waals surface area contributed by atoms with Crippen molar-refractivity contribution in [2.24, 2.45) is 5.92 Å². The van der Waals surface area contributed by atoms with E-state index in [-0.39, 0.29) is 18.3 Å². The molecule has 1 aliphatic rings. The van der Waals surface area contributed by atoms with Crippen LogP contribution in [0.1, 0.15) is 35.7 Å². The summed E-state index contributed by atoms with van der Waals surface area (Å²) in [6.07, 6.45) is 2.23. The number of carbonyl (C=O) groups excluding carboxylic acids is 1. The van der Waals surface area contributed by atoms with E-state index in [9.17, 15) is 4.79 Å². The Hall–Kier alpha value is -1.06. The second-order valence-electron chi connectivity index (χ2n) is 5.36. The fraction of sp³-hybridized carbons (Fsp3) is 0.562. The molecule has 0 spiro atoms. The minimum atomic E-state index is 0. The van der Waals surface area contributed by atoms with Gasteiger partial charge in [-0.3, -0.25) is 4.79 Å². The number of nitrogens with zero attached hydrogens (tertiary/aromatic N) is 1. The van der Waals surface area contributed by atoms with Gasteiger partial charge in [-0.1, -0.05) is 25.1 Å². The van der Waals surface area contributed by atoms with Gasteiger partial charge in [0.05, 0.1) is 0 Å². The molecule has 0 saturated carbocycles. The quantitative estimate of drug-likeness (QED) is 0.926. The van der Waals surface area contributed by atoms with Crippen LogP contribution < -0.4 is 5.32 Å². The topological polar surface area (TPSA) is 32.3 Å². The Bertz CT molecular complexity index is 428. The number of piperidine rings is 1. The highest BCUT2D eigenvalue weighted by Gasteiger charge is 2.23. The molecule has 112 valence electrons. The summed E-state index contributed by atoms with van der Waals surface area (Å²) in [5.41, 5.74) is 1.93.